The number of nitrogens with zero attached hydrogens (tertiary/aromatic N) is 2. The number of fused-ring (bicyclic) bond motifs is 1. The van der Waals surface area contributed by atoms with Crippen molar-refractivity contribution >= 4 is 23.1 Å². The fourth-order valence-electron chi connectivity index (χ4n) is 1.44. The highest BCUT2D eigenvalue weighted by molar-refractivity contribution is 5.92. The minimum Gasteiger partial charge on any atom is -0.478 e. The van der Waals surface area contributed by atoms with Crippen LogP contribution in [0.15, 0.2) is 18.6 Å². The van der Waals surface area contributed by atoms with Gasteiger partial charge in [-0.2, -0.15) is 0 Å². The number of carboxylic acids is 1. The lowest BCUT2D eigenvalue weighted by Gasteiger charge is -1.94. The molecule has 0 unspecified atom stereocenters. The predicted octanol–water partition coefficient (Wildman–Crippen LogP) is 1.36. The van der Waals surface area contributed by atoms with Crippen LogP contribution in [0.3, 0.4) is 0 Å². The Morgan fingerprint density at radius 3 is 3.07 bits per heavy atom. The number of nitrogens with one attached hydrogen (secondary N) is 1. The summed E-state index contributed by atoms with van der Waals surface area (Å²) >= 11 is 0. The summed E-state index contributed by atoms with van der Waals surface area (Å²) in [7, 11) is 0. The van der Waals surface area contributed by atoms with Crippen LogP contribution < -0.4 is 0 Å². The van der Waals surface area contributed by atoms with Gasteiger partial charge in [0.25, 0.3) is 0 Å². The van der Waals surface area contributed by atoms with Crippen molar-refractivity contribution in [3.8, 4) is 0 Å². The zero-order valence-corrected chi connectivity index (χ0v) is 8.06. The molecule has 2 N–H and O–H groups in total. The van der Waals surface area contributed by atoms with Gasteiger partial charge in [0, 0.05) is 23.2 Å². The molecule has 2 heterocycles. The number of H-pyrrole nitrogens is 1. The molecule has 0 atom stereocenters. The summed E-state index contributed by atoms with van der Waals surface area (Å²) in [6.45, 7) is 1.86. The number of aliphatic carboxylic acids is 1. The lowest BCUT2D eigenvalue weighted by atomic mass is 10.2. The topological polar surface area (TPSA) is 78.9 Å². The molecule has 2 aromatic heterocycles. The molecule has 0 bridgehead atoms. The molecule has 2 aromatic rings. The first-order valence-electron chi connectivity index (χ1n) is 4.38. The zero-order valence-electron chi connectivity index (χ0n) is 8.06. The minimum absolute atomic E-state index is 0.715. The van der Waals surface area contributed by atoms with Crippen molar-refractivity contribution in [2.24, 2.45) is 0 Å². The summed E-state index contributed by atoms with van der Waals surface area (Å²) in [4.78, 5) is 21.4. The zero-order chi connectivity index (χ0) is 10.8. The number of hydrogen-bond donors (Lipinski definition) is 2. The van der Waals surface area contributed by atoms with E-state index in [2.05, 4.69) is 15.0 Å². The van der Waals surface area contributed by atoms with E-state index >= 15 is 0 Å². The van der Waals surface area contributed by atoms with E-state index in [0.717, 1.165) is 22.7 Å². The molecule has 0 spiro atoms. The third-order valence-corrected chi connectivity index (χ3v) is 2.10. The molecule has 0 aliphatic carbocycles. The normalized spacial score (nSPS) is 11.3. The number of carbonyl (C=O) groups is 1. The lowest BCUT2D eigenvalue weighted by Crippen LogP contribution is -1.87. The highest BCUT2D eigenvalue weighted by atomic mass is 16.4. The van der Waals surface area contributed by atoms with Gasteiger partial charge >= 0.3 is 5.97 Å². The summed E-state index contributed by atoms with van der Waals surface area (Å²) in [5, 5.41) is 9.38. The second-order valence-electron chi connectivity index (χ2n) is 3.10. The predicted molar refractivity (Wildman–Crippen MR) is 55.3 cm³/mol. The number of aryl methyl sites for hydroxylation is 1. The lowest BCUT2D eigenvalue weighted by molar-refractivity contribution is -0.131. The maximum atomic E-state index is 10.4. The summed E-state index contributed by atoms with van der Waals surface area (Å²) in [5.74, 6) is -0.973. The van der Waals surface area contributed by atoms with Crippen LogP contribution in [0.1, 0.15) is 11.3 Å². The molecule has 0 aromatic carbocycles. The molecule has 5 heteroatoms. The quantitative estimate of drug-likeness (QED) is 0.722. The maximum Gasteiger partial charge on any atom is 0.328 e. The molecule has 0 aliphatic rings. The van der Waals surface area contributed by atoms with Gasteiger partial charge in [-0.15, -0.1) is 0 Å². The second-order valence-corrected chi connectivity index (χ2v) is 3.10. The Bertz CT molecular complexity index is 543. The number of carboxylic acid groups (broad SMARTS) is 1. The molecule has 0 saturated heterocycles. The fraction of sp³-hybridized carbons (Fsp3) is 0.100. The van der Waals surface area contributed by atoms with Gasteiger partial charge in [0.15, 0.2) is 0 Å². The highest BCUT2D eigenvalue weighted by Gasteiger charge is 2.05. The number of hydrogen-bond acceptors (Lipinski definition) is 3. The fourth-order valence-corrected chi connectivity index (χ4v) is 1.44. The summed E-state index contributed by atoms with van der Waals surface area (Å²) in [5.41, 5.74) is 2.32. The van der Waals surface area contributed by atoms with Crippen LogP contribution in [-0.4, -0.2) is 26.0 Å². The van der Waals surface area contributed by atoms with Crippen molar-refractivity contribution in [3.05, 3.63) is 29.9 Å². The largest absolute Gasteiger partial charge is 0.478 e. The van der Waals surface area contributed by atoms with Crippen LogP contribution in [0.5, 0.6) is 0 Å². The molecular weight excluding hydrogens is 194 g/mol. The van der Waals surface area contributed by atoms with E-state index in [1.54, 1.807) is 6.20 Å². The molecule has 0 radical (unpaired) electrons. The van der Waals surface area contributed by atoms with Crippen molar-refractivity contribution in [3.63, 3.8) is 0 Å². The smallest absolute Gasteiger partial charge is 0.328 e. The van der Waals surface area contributed by atoms with E-state index in [1.807, 2.05) is 6.92 Å². The molecule has 15 heavy (non-hydrogen) atoms. The van der Waals surface area contributed by atoms with Gasteiger partial charge in [0.2, 0.25) is 0 Å². The van der Waals surface area contributed by atoms with Crippen LogP contribution in [0.4, 0.5) is 0 Å². The second kappa shape index (κ2) is 3.53. The SMILES string of the molecule is Cc1ncnc2[nH]cc(/C=C/C(=O)O)c12. The van der Waals surface area contributed by atoms with E-state index in [4.69, 9.17) is 5.11 Å². The molecule has 76 valence electrons. The average Bonchev–Trinajstić information content (AvgIpc) is 2.59. The molecule has 2 rings (SSSR count). The van der Waals surface area contributed by atoms with E-state index < -0.39 is 5.97 Å². The van der Waals surface area contributed by atoms with Gasteiger partial charge in [0.05, 0.1) is 5.69 Å². The van der Waals surface area contributed by atoms with Crippen molar-refractivity contribution in [2.75, 3.05) is 0 Å². The Morgan fingerprint density at radius 2 is 2.33 bits per heavy atom. The van der Waals surface area contributed by atoms with Crippen LogP contribution in [0, 0.1) is 6.92 Å². The minimum atomic E-state index is -0.973. The Morgan fingerprint density at radius 1 is 1.53 bits per heavy atom. The molecule has 0 saturated carbocycles. The van der Waals surface area contributed by atoms with Crippen molar-refractivity contribution < 1.29 is 9.90 Å². The molecule has 0 fully saturated rings. The standard InChI is InChI=1S/C10H9N3O2/c1-6-9-7(2-3-8(14)15)4-11-10(9)13-5-12-6/h2-5H,1H3,(H,14,15)(H,11,12,13)/b3-2+. The van der Waals surface area contributed by atoms with Crippen LogP contribution in [0.25, 0.3) is 17.1 Å². The van der Waals surface area contributed by atoms with Gasteiger partial charge in [0.1, 0.15) is 12.0 Å². The Kier molecular flexibility index (Phi) is 2.21. The Labute approximate surface area is 85.5 Å². The third kappa shape index (κ3) is 1.71. The van der Waals surface area contributed by atoms with E-state index in [1.165, 1.54) is 12.4 Å². The van der Waals surface area contributed by atoms with Crippen molar-refractivity contribution in [2.45, 2.75) is 6.92 Å². The molecular formula is C10H9N3O2. The van der Waals surface area contributed by atoms with Crippen molar-refractivity contribution in [1.82, 2.24) is 15.0 Å². The van der Waals surface area contributed by atoms with Crippen molar-refractivity contribution in [1.29, 1.82) is 0 Å². The number of aromatic nitrogens is 3. The number of aromatic amines is 1. The van der Waals surface area contributed by atoms with Crippen LogP contribution in [-0.2, 0) is 4.79 Å². The molecule has 0 aliphatic heterocycles. The van der Waals surface area contributed by atoms with E-state index in [-0.39, 0.29) is 0 Å². The number of rotatable bonds is 2. The Balaban J connectivity index is 2.57. The highest BCUT2D eigenvalue weighted by Crippen LogP contribution is 2.19. The molecule has 0 amide bonds. The van der Waals surface area contributed by atoms with E-state index in [0.29, 0.717) is 5.65 Å². The average molecular weight is 203 g/mol. The summed E-state index contributed by atoms with van der Waals surface area (Å²) in [6, 6.07) is 0. The first-order valence-corrected chi connectivity index (χ1v) is 4.38. The van der Waals surface area contributed by atoms with Gasteiger partial charge in [-0.05, 0) is 13.0 Å². The monoisotopic (exact) mass is 203 g/mol. The summed E-state index contributed by atoms with van der Waals surface area (Å²) < 4.78 is 0. The maximum absolute atomic E-state index is 10.4. The Hall–Kier alpha value is -2.17. The van der Waals surface area contributed by atoms with Gasteiger partial charge in [-0.3, -0.25) is 0 Å². The first kappa shape index (κ1) is 9.39. The van der Waals surface area contributed by atoms with Crippen LogP contribution >= 0.6 is 0 Å². The van der Waals surface area contributed by atoms with Gasteiger partial charge < -0.3 is 10.1 Å². The first-order chi connectivity index (χ1) is 7.18. The molecule has 5 nitrogen and oxygen atoms in total. The van der Waals surface area contributed by atoms with Crippen LogP contribution in [0.2, 0.25) is 0 Å². The third-order valence-electron chi connectivity index (χ3n) is 2.10. The van der Waals surface area contributed by atoms with Gasteiger partial charge in [-0.1, -0.05) is 0 Å². The van der Waals surface area contributed by atoms with Gasteiger partial charge in [-0.25, -0.2) is 14.8 Å². The summed E-state index contributed by atoms with van der Waals surface area (Å²) in [6.07, 6.45) is 5.80. The van der Waals surface area contributed by atoms with E-state index in [9.17, 15) is 4.79 Å².